The lowest BCUT2D eigenvalue weighted by Gasteiger charge is -2.27. The smallest absolute Gasteiger partial charge is 0.191 e. The van der Waals surface area contributed by atoms with Crippen LogP contribution >= 0.6 is 24.0 Å². The van der Waals surface area contributed by atoms with E-state index in [-0.39, 0.29) is 42.4 Å². The molecule has 0 radical (unpaired) electrons. The van der Waals surface area contributed by atoms with Gasteiger partial charge in [0.15, 0.2) is 5.96 Å². The molecular formula is C22H32FIN4O. The van der Waals surface area contributed by atoms with Gasteiger partial charge in [-0.2, -0.15) is 0 Å². The topological polar surface area (TPSA) is 59.9 Å². The molecule has 0 aromatic heterocycles. The highest BCUT2D eigenvalue weighted by Gasteiger charge is 2.23. The van der Waals surface area contributed by atoms with Crippen molar-refractivity contribution in [3.63, 3.8) is 0 Å². The fourth-order valence-electron chi connectivity index (χ4n) is 2.97. The zero-order chi connectivity index (χ0) is 20.6. The average Bonchev–Trinajstić information content (AvgIpc) is 2.67. The Kier molecular flexibility index (Phi) is 10.6. The molecule has 0 saturated heterocycles. The number of nitrogens with zero attached hydrogens (tertiary/aromatic N) is 2. The number of halogens is 2. The molecular weight excluding hydrogens is 482 g/mol. The summed E-state index contributed by atoms with van der Waals surface area (Å²) in [5.41, 5.74) is 0.651. The summed E-state index contributed by atoms with van der Waals surface area (Å²) in [7, 11) is 3.92. The number of hydrogen-bond acceptors (Lipinski definition) is 3. The summed E-state index contributed by atoms with van der Waals surface area (Å²) in [6.45, 7) is 5.22. The van der Waals surface area contributed by atoms with Gasteiger partial charge in [0, 0.05) is 13.1 Å². The average molecular weight is 514 g/mol. The summed E-state index contributed by atoms with van der Waals surface area (Å²) in [6.07, 6.45) is 0. The predicted octanol–water partition coefficient (Wildman–Crippen LogP) is 3.51. The zero-order valence-electron chi connectivity index (χ0n) is 17.5. The molecule has 2 atom stereocenters. The minimum absolute atomic E-state index is 0. The van der Waals surface area contributed by atoms with Crippen LogP contribution in [0.15, 0.2) is 59.6 Å². The molecule has 0 aliphatic carbocycles. The van der Waals surface area contributed by atoms with Gasteiger partial charge in [0.25, 0.3) is 0 Å². The first-order valence-corrected chi connectivity index (χ1v) is 9.55. The van der Waals surface area contributed by atoms with Crippen molar-refractivity contribution < 1.29 is 9.50 Å². The monoisotopic (exact) mass is 514 g/mol. The van der Waals surface area contributed by atoms with Crippen molar-refractivity contribution in [1.29, 1.82) is 0 Å². The maximum absolute atomic E-state index is 13.6. The van der Waals surface area contributed by atoms with E-state index in [1.807, 2.05) is 62.3 Å². The molecule has 2 rings (SSSR count). The van der Waals surface area contributed by atoms with Gasteiger partial charge in [-0.3, -0.25) is 0 Å². The van der Waals surface area contributed by atoms with Gasteiger partial charge in [0.1, 0.15) is 11.4 Å². The normalized spacial score (nSPS) is 14.7. The van der Waals surface area contributed by atoms with Crippen molar-refractivity contribution in [2.24, 2.45) is 4.99 Å². The van der Waals surface area contributed by atoms with Crippen LogP contribution in [-0.2, 0) is 5.60 Å². The third-order valence-corrected chi connectivity index (χ3v) is 4.60. The standard InChI is InChI=1S/C22H31FN4O.HI/c1-5-24-21(26-16-22(2,28)18-11-7-6-8-12-18)25-15-20(27(3)4)17-10-9-13-19(23)14-17;/h6-14,20,28H,5,15-16H2,1-4H3,(H2,24,25,26);1H. The summed E-state index contributed by atoms with van der Waals surface area (Å²) >= 11 is 0. The summed E-state index contributed by atoms with van der Waals surface area (Å²) < 4.78 is 13.6. The molecule has 0 amide bonds. The van der Waals surface area contributed by atoms with Crippen molar-refractivity contribution in [3.8, 4) is 0 Å². The highest BCUT2D eigenvalue weighted by Crippen LogP contribution is 2.21. The van der Waals surface area contributed by atoms with Crippen molar-refractivity contribution in [3.05, 3.63) is 71.5 Å². The second kappa shape index (κ2) is 12.1. The van der Waals surface area contributed by atoms with Crippen LogP contribution in [0.4, 0.5) is 4.39 Å². The number of hydrogen-bond donors (Lipinski definition) is 3. The summed E-state index contributed by atoms with van der Waals surface area (Å²) in [5, 5.41) is 17.3. The molecule has 5 nitrogen and oxygen atoms in total. The van der Waals surface area contributed by atoms with E-state index >= 15 is 0 Å². The van der Waals surface area contributed by atoms with Gasteiger partial charge in [-0.15, -0.1) is 24.0 Å². The number of aliphatic hydroxyl groups is 1. The minimum atomic E-state index is -1.06. The number of guanidine groups is 1. The highest BCUT2D eigenvalue weighted by molar-refractivity contribution is 14.0. The molecule has 0 fully saturated rings. The highest BCUT2D eigenvalue weighted by atomic mass is 127. The Morgan fingerprint density at radius 3 is 2.41 bits per heavy atom. The maximum atomic E-state index is 13.6. The largest absolute Gasteiger partial charge is 0.384 e. The molecule has 0 saturated carbocycles. The van der Waals surface area contributed by atoms with Gasteiger partial charge in [-0.05, 0) is 51.2 Å². The number of likely N-dealkylation sites (N-methyl/N-ethyl adjacent to an activating group) is 1. The predicted molar refractivity (Wildman–Crippen MR) is 128 cm³/mol. The lowest BCUT2D eigenvalue weighted by Crippen LogP contribution is -2.42. The second-order valence-corrected chi connectivity index (χ2v) is 7.25. The Labute approximate surface area is 190 Å². The molecule has 0 spiro atoms. The van der Waals surface area contributed by atoms with Gasteiger partial charge in [0.2, 0.25) is 0 Å². The van der Waals surface area contributed by atoms with E-state index in [0.717, 1.165) is 11.1 Å². The Morgan fingerprint density at radius 1 is 1.14 bits per heavy atom. The van der Waals surface area contributed by atoms with Gasteiger partial charge in [0.05, 0.1) is 12.6 Å². The van der Waals surface area contributed by atoms with Gasteiger partial charge in [-0.1, -0.05) is 42.5 Å². The summed E-state index contributed by atoms with van der Waals surface area (Å²) in [5.74, 6) is 0.366. The van der Waals surface area contributed by atoms with Crippen molar-refractivity contribution in [2.75, 3.05) is 33.7 Å². The molecule has 7 heteroatoms. The molecule has 0 aliphatic heterocycles. The number of aliphatic imine (C=N–C) groups is 1. The Balaban J connectivity index is 0.00000420. The third kappa shape index (κ3) is 7.91. The van der Waals surface area contributed by atoms with E-state index < -0.39 is 5.60 Å². The Morgan fingerprint density at radius 2 is 1.83 bits per heavy atom. The van der Waals surface area contributed by atoms with Crippen molar-refractivity contribution >= 4 is 29.9 Å². The SMILES string of the molecule is CCNC(=NCC(C)(O)c1ccccc1)NCC(c1cccc(F)c1)N(C)C.I. The quantitative estimate of drug-likeness (QED) is 0.287. The van der Waals surface area contributed by atoms with Crippen molar-refractivity contribution in [2.45, 2.75) is 25.5 Å². The van der Waals surface area contributed by atoms with Crippen LogP contribution in [-0.4, -0.2) is 49.7 Å². The Hall–Kier alpha value is -1.71. The fraction of sp³-hybridized carbons (Fsp3) is 0.409. The molecule has 2 aromatic rings. The molecule has 2 aromatic carbocycles. The molecule has 160 valence electrons. The molecule has 0 aliphatic rings. The first-order chi connectivity index (χ1) is 13.3. The minimum Gasteiger partial charge on any atom is -0.384 e. The van der Waals surface area contributed by atoms with Gasteiger partial charge >= 0.3 is 0 Å². The zero-order valence-corrected chi connectivity index (χ0v) is 19.9. The van der Waals surface area contributed by atoms with E-state index in [4.69, 9.17) is 0 Å². The van der Waals surface area contributed by atoms with Crippen LogP contribution in [0.5, 0.6) is 0 Å². The lowest BCUT2D eigenvalue weighted by molar-refractivity contribution is 0.0672. The first kappa shape index (κ1) is 25.3. The van der Waals surface area contributed by atoms with Crippen LogP contribution < -0.4 is 10.6 Å². The maximum Gasteiger partial charge on any atom is 0.191 e. The summed E-state index contributed by atoms with van der Waals surface area (Å²) in [4.78, 5) is 6.59. The van der Waals surface area contributed by atoms with Gasteiger partial charge < -0.3 is 20.6 Å². The first-order valence-electron chi connectivity index (χ1n) is 9.55. The summed E-state index contributed by atoms with van der Waals surface area (Å²) in [6, 6.07) is 16.1. The Bertz CT molecular complexity index is 768. The van der Waals surface area contributed by atoms with Crippen LogP contribution in [0.25, 0.3) is 0 Å². The second-order valence-electron chi connectivity index (χ2n) is 7.25. The van der Waals surface area contributed by atoms with Gasteiger partial charge in [-0.25, -0.2) is 9.38 Å². The van der Waals surface area contributed by atoms with E-state index in [1.165, 1.54) is 6.07 Å². The fourth-order valence-corrected chi connectivity index (χ4v) is 2.97. The van der Waals surface area contributed by atoms with Crippen LogP contribution in [0.2, 0.25) is 0 Å². The van der Waals surface area contributed by atoms with Crippen molar-refractivity contribution in [1.82, 2.24) is 15.5 Å². The van der Waals surface area contributed by atoms with Crippen LogP contribution in [0, 0.1) is 5.82 Å². The molecule has 3 N–H and O–H groups in total. The van der Waals surface area contributed by atoms with Crippen LogP contribution in [0.1, 0.15) is 31.0 Å². The number of benzene rings is 2. The van der Waals surface area contributed by atoms with E-state index in [9.17, 15) is 9.50 Å². The van der Waals surface area contributed by atoms with E-state index in [2.05, 4.69) is 15.6 Å². The molecule has 2 unspecified atom stereocenters. The number of nitrogens with one attached hydrogen (secondary N) is 2. The van der Waals surface area contributed by atoms with E-state index in [0.29, 0.717) is 19.0 Å². The lowest BCUT2D eigenvalue weighted by atomic mass is 9.96. The molecule has 29 heavy (non-hydrogen) atoms. The number of rotatable bonds is 8. The van der Waals surface area contributed by atoms with Crippen LogP contribution in [0.3, 0.4) is 0 Å². The van der Waals surface area contributed by atoms with E-state index in [1.54, 1.807) is 19.1 Å². The molecule has 0 heterocycles. The molecule has 0 bridgehead atoms. The third-order valence-electron chi connectivity index (χ3n) is 4.60.